The molecule has 0 saturated carbocycles. The van der Waals surface area contributed by atoms with Crippen molar-refractivity contribution < 1.29 is 14.0 Å². The lowest BCUT2D eigenvalue weighted by Gasteiger charge is -2.52. The molecule has 6 heteroatoms. The highest BCUT2D eigenvalue weighted by molar-refractivity contribution is 6.25. The maximum Gasteiger partial charge on any atom is 0.239 e. The van der Waals surface area contributed by atoms with Gasteiger partial charge in [-0.2, -0.15) is 5.26 Å². The first-order valence-electron chi connectivity index (χ1n) is 13.1. The van der Waals surface area contributed by atoms with E-state index in [4.69, 9.17) is 9.41 Å². The second-order valence-electron chi connectivity index (χ2n) is 10.7. The zero-order valence-electron chi connectivity index (χ0n) is 21.8. The summed E-state index contributed by atoms with van der Waals surface area (Å²) >= 11 is 0. The number of hydrogen-bond acceptors (Lipinski definition) is 5. The molecule has 2 atom stereocenters. The number of imide groups is 1. The smallest absolute Gasteiger partial charge is 0.239 e. The fourth-order valence-electron chi connectivity index (χ4n) is 6.99. The van der Waals surface area contributed by atoms with Crippen LogP contribution in [0.1, 0.15) is 50.6 Å². The van der Waals surface area contributed by atoms with Gasteiger partial charge in [-0.25, -0.2) is 9.89 Å². The summed E-state index contributed by atoms with van der Waals surface area (Å²) in [6.07, 6.45) is 1.76. The molecule has 4 aromatic rings. The number of aryl methyl sites for hydroxylation is 2. The molecule has 2 heterocycles. The Morgan fingerprint density at radius 2 is 1.51 bits per heavy atom. The standard InChI is InChI=1S/C33H25N3O3/c1-18-12-14-21(15-13-18)36-31(37)28-27-22-8-4-6-10-25(22)33(29(28)32(36)38,26-11-7-5-9-23(26)27)17-35-30-24(16-34)19(2)20(3)39-30/h4-15,17,27-29H,1-3H3/t27?,28-,29-,33?/m0/s1. The van der Waals surface area contributed by atoms with Crippen LogP contribution in [0.3, 0.4) is 0 Å². The van der Waals surface area contributed by atoms with E-state index in [2.05, 4.69) is 18.2 Å². The second kappa shape index (κ2) is 8.12. The van der Waals surface area contributed by atoms with Crippen molar-refractivity contribution >= 4 is 29.6 Å². The number of furan rings is 1. The lowest BCUT2D eigenvalue weighted by molar-refractivity contribution is -0.122. The van der Waals surface area contributed by atoms with Crippen molar-refractivity contribution in [2.75, 3.05) is 4.90 Å². The minimum Gasteiger partial charge on any atom is -0.442 e. The molecule has 0 spiro atoms. The van der Waals surface area contributed by atoms with E-state index in [1.807, 2.05) is 74.5 Å². The average molecular weight is 512 g/mol. The average Bonchev–Trinajstić information content (AvgIpc) is 3.39. The molecular formula is C33H25N3O3. The van der Waals surface area contributed by atoms with Gasteiger partial charge in [0.2, 0.25) is 17.7 Å². The van der Waals surface area contributed by atoms with Gasteiger partial charge in [0.1, 0.15) is 17.4 Å². The highest BCUT2D eigenvalue weighted by Crippen LogP contribution is 2.63. The van der Waals surface area contributed by atoms with Gasteiger partial charge in [-0.15, -0.1) is 0 Å². The number of aliphatic imine (C=N–C) groups is 1. The van der Waals surface area contributed by atoms with Crippen LogP contribution in [-0.2, 0) is 15.0 Å². The summed E-state index contributed by atoms with van der Waals surface area (Å²) in [6, 6.07) is 25.8. The number of benzene rings is 3. The van der Waals surface area contributed by atoms with Crippen molar-refractivity contribution in [3.63, 3.8) is 0 Å². The summed E-state index contributed by atoms with van der Waals surface area (Å²) < 4.78 is 5.88. The Morgan fingerprint density at radius 3 is 2.13 bits per heavy atom. The van der Waals surface area contributed by atoms with Gasteiger partial charge < -0.3 is 4.42 Å². The molecule has 4 aliphatic rings. The van der Waals surface area contributed by atoms with Gasteiger partial charge in [-0.05, 0) is 55.2 Å². The van der Waals surface area contributed by atoms with Gasteiger partial charge in [-0.3, -0.25) is 9.59 Å². The van der Waals surface area contributed by atoms with Crippen LogP contribution in [0.4, 0.5) is 11.6 Å². The first-order chi connectivity index (χ1) is 18.9. The maximum absolute atomic E-state index is 14.4. The third-order valence-electron chi connectivity index (χ3n) is 8.84. The Bertz CT molecular complexity index is 1730. The predicted molar refractivity (Wildman–Crippen MR) is 147 cm³/mol. The van der Waals surface area contributed by atoms with Crippen molar-refractivity contribution in [3.8, 4) is 6.07 Å². The largest absolute Gasteiger partial charge is 0.442 e. The molecule has 1 aromatic heterocycles. The highest BCUT2D eigenvalue weighted by atomic mass is 16.4. The molecule has 1 saturated heterocycles. The summed E-state index contributed by atoms with van der Waals surface area (Å²) in [6.45, 7) is 5.61. The molecule has 1 aliphatic heterocycles. The number of carbonyl (C=O) groups excluding carboxylic acids is 2. The van der Waals surface area contributed by atoms with E-state index >= 15 is 0 Å². The summed E-state index contributed by atoms with van der Waals surface area (Å²) in [5.74, 6) is -1.09. The molecule has 6 nitrogen and oxygen atoms in total. The Hall–Kier alpha value is -4.76. The van der Waals surface area contributed by atoms with Gasteiger partial charge >= 0.3 is 0 Å². The molecule has 1 fully saturated rings. The number of carbonyl (C=O) groups is 2. The van der Waals surface area contributed by atoms with Crippen LogP contribution < -0.4 is 4.90 Å². The van der Waals surface area contributed by atoms with Crippen LogP contribution in [0.15, 0.2) is 82.2 Å². The lowest BCUT2D eigenvalue weighted by Crippen LogP contribution is -2.54. The molecule has 8 rings (SSSR count). The van der Waals surface area contributed by atoms with E-state index in [1.54, 1.807) is 13.1 Å². The highest BCUT2D eigenvalue weighted by Gasteiger charge is 2.68. The predicted octanol–water partition coefficient (Wildman–Crippen LogP) is 6.03. The minimum absolute atomic E-state index is 0.192. The van der Waals surface area contributed by atoms with Gasteiger partial charge in [0.05, 0.1) is 22.9 Å². The van der Waals surface area contributed by atoms with E-state index in [1.165, 1.54) is 4.90 Å². The van der Waals surface area contributed by atoms with Gasteiger partial charge in [0.15, 0.2) is 0 Å². The number of hydrogen-bond donors (Lipinski definition) is 0. The minimum atomic E-state index is -1.01. The van der Waals surface area contributed by atoms with E-state index in [-0.39, 0.29) is 23.6 Å². The Morgan fingerprint density at radius 1 is 0.897 bits per heavy atom. The maximum atomic E-state index is 14.4. The summed E-state index contributed by atoms with van der Waals surface area (Å²) in [5, 5.41) is 9.81. The van der Waals surface area contributed by atoms with Crippen LogP contribution in [0.2, 0.25) is 0 Å². The Labute approximate surface area is 226 Å². The fraction of sp³-hybridized carbons (Fsp3) is 0.212. The molecule has 3 aromatic carbocycles. The van der Waals surface area contributed by atoms with E-state index in [9.17, 15) is 14.9 Å². The van der Waals surface area contributed by atoms with Crippen molar-refractivity contribution in [1.82, 2.24) is 0 Å². The molecule has 2 bridgehead atoms. The molecule has 3 aliphatic carbocycles. The van der Waals surface area contributed by atoms with Crippen LogP contribution in [-0.4, -0.2) is 18.0 Å². The van der Waals surface area contributed by atoms with Gasteiger partial charge in [-0.1, -0.05) is 66.2 Å². The molecular weight excluding hydrogens is 486 g/mol. The van der Waals surface area contributed by atoms with E-state index < -0.39 is 17.3 Å². The normalized spacial score (nSPS) is 24.6. The van der Waals surface area contributed by atoms with Crippen molar-refractivity contribution in [2.45, 2.75) is 32.1 Å². The zero-order chi connectivity index (χ0) is 27.1. The number of rotatable bonds is 3. The van der Waals surface area contributed by atoms with E-state index in [0.29, 0.717) is 17.0 Å². The monoisotopic (exact) mass is 511 g/mol. The molecule has 0 N–H and O–H groups in total. The number of nitrogens with zero attached hydrogens (tertiary/aromatic N) is 3. The molecule has 190 valence electrons. The van der Waals surface area contributed by atoms with Crippen LogP contribution in [0.5, 0.6) is 0 Å². The summed E-state index contributed by atoms with van der Waals surface area (Å²) in [7, 11) is 0. The van der Waals surface area contributed by atoms with Gasteiger partial charge in [0.25, 0.3) is 0 Å². The third kappa shape index (κ3) is 2.93. The Kier molecular flexibility index (Phi) is 4.86. The number of nitriles is 1. The molecule has 0 unspecified atom stereocenters. The lowest BCUT2D eigenvalue weighted by atomic mass is 9.47. The first-order valence-corrected chi connectivity index (χ1v) is 13.1. The Balaban J connectivity index is 1.51. The SMILES string of the molecule is Cc1ccc(N2C(=O)[C@@H]3[C@@H](C2=O)C2c4ccccc4C3(C=Nc3oc(C)c(C)c3C#N)c3ccccc32)cc1. The third-order valence-corrected chi connectivity index (χ3v) is 8.84. The topological polar surface area (TPSA) is 86.7 Å². The molecule has 39 heavy (non-hydrogen) atoms. The second-order valence-corrected chi connectivity index (χ2v) is 10.7. The number of anilines is 1. The summed E-state index contributed by atoms with van der Waals surface area (Å²) in [4.78, 5) is 34.8. The zero-order valence-corrected chi connectivity index (χ0v) is 21.8. The molecule has 0 radical (unpaired) electrons. The van der Waals surface area contributed by atoms with E-state index in [0.717, 1.165) is 33.4 Å². The van der Waals surface area contributed by atoms with Crippen LogP contribution >= 0.6 is 0 Å². The fourth-order valence-corrected chi connectivity index (χ4v) is 6.99. The quantitative estimate of drug-likeness (QED) is 0.248. The van der Waals surface area contributed by atoms with Crippen LogP contribution in [0, 0.1) is 43.9 Å². The van der Waals surface area contributed by atoms with Crippen molar-refractivity contribution in [3.05, 3.63) is 118 Å². The summed E-state index contributed by atoms with van der Waals surface area (Å²) in [5.41, 5.74) is 5.72. The first kappa shape index (κ1) is 23.4. The van der Waals surface area contributed by atoms with Crippen molar-refractivity contribution in [1.29, 1.82) is 5.26 Å². The van der Waals surface area contributed by atoms with Gasteiger partial charge in [0, 0.05) is 17.7 Å². The van der Waals surface area contributed by atoms with Crippen molar-refractivity contribution in [2.24, 2.45) is 16.8 Å². The number of amides is 2. The van der Waals surface area contributed by atoms with Crippen LogP contribution in [0.25, 0.3) is 0 Å². The molecule has 2 amide bonds.